The molecule has 6 nitrogen and oxygen atoms in total. The quantitative estimate of drug-likeness (QED) is 0.615. The predicted octanol–water partition coefficient (Wildman–Crippen LogP) is 2.64. The average molecular weight is 383 g/mol. The van der Waals surface area contributed by atoms with E-state index < -0.39 is 0 Å². The maximum atomic E-state index is 5.34. The molecule has 0 spiro atoms. The summed E-state index contributed by atoms with van der Waals surface area (Å²) in [6.07, 6.45) is 0.931. The monoisotopic (exact) mass is 382 g/mol. The van der Waals surface area contributed by atoms with Gasteiger partial charge in [0.05, 0.1) is 14.2 Å². The molecule has 6 heteroatoms. The predicted molar refractivity (Wildman–Crippen MR) is 115 cm³/mol. The van der Waals surface area contributed by atoms with Gasteiger partial charge in [0.15, 0.2) is 5.96 Å². The van der Waals surface area contributed by atoms with E-state index in [4.69, 9.17) is 9.47 Å². The van der Waals surface area contributed by atoms with Crippen LogP contribution in [0.5, 0.6) is 11.5 Å². The summed E-state index contributed by atoms with van der Waals surface area (Å²) in [5.41, 5.74) is 2.46. The molecule has 2 aromatic carbocycles. The van der Waals surface area contributed by atoms with Gasteiger partial charge in [0.25, 0.3) is 0 Å². The highest BCUT2D eigenvalue weighted by Gasteiger charge is 2.20. The Morgan fingerprint density at radius 3 is 2.32 bits per heavy atom. The molecule has 0 saturated carbocycles. The van der Waals surface area contributed by atoms with Crippen molar-refractivity contribution in [1.29, 1.82) is 0 Å². The number of anilines is 1. The number of methoxy groups -OCH3 is 2. The first-order valence-corrected chi connectivity index (χ1v) is 9.71. The van der Waals surface area contributed by atoms with Crippen LogP contribution in [0.4, 0.5) is 5.69 Å². The molecule has 0 atom stereocenters. The first-order chi connectivity index (χ1) is 13.7. The van der Waals surface area contributed by atoms with E-state index in [-0.39, 0.29) is 0 Å². The number of aliphatic imine (C=N–C) groups is 1. The molecule has 1 fully saturated rings. The summed E-state index contributed by atoms with van der Waals surface area (Å²) in [5.74, 6) is 2.76. The summed E-state index contributed by atoms with van der Waals surface area (Å²) in [6, 6.07) is 16.5. The first-order valence-electron chi connectivity index (χ1n) is 9.71. The van der Waals surface area contributed by atoms with Gasteiger partial charge in [0.1, 0.15) is 11.5 Å². The van der Waals surface area contributed by atoms with Crippen molar-refractivity contribution in [1.82, 2.24) is 10.2 Å². The van der Waals surface area contributed by atoms with Crippen molar-refractivity contribution in [3.8, 4) is 11.5 Å². The van der Waals surface area contributed by atoms with E-state index in [0.717, 1.165) is 56.6 Å². The van der Waals surface area contributed by atoms with Crippen LogP contribution in [-0.2, 0) is 6.42 Å². The summed E-state index contributed by atoms with van der Waals surface area (Å²) in [7, 11) is 5.25. The molecule has 0 radical (unpaired) electrons. The average Bonchev–Trinajstić information content (AvgIpc) is 2.77. The zero-order valence-electron chi connectivity index (χ0n) is 17.0. The van der Waals surface area contributed by atoms with Crippen molar-refractivity contribution in [3.63, 3.8) is 0 Å². The van der Waals surface area contributed by atoms with Gasteiger partial charge in [-0.3, -0.25) is 4.99 Å². The summed E-state index contributed by atoms with van der Waals surface area (Å²) >= 11 is 0. The molecule has 28 heavy (non-hydrogen) atoms. The fourth-order valence-corrected chi connectivity index (χ4v) is 3.46. The van der Waals surface area contributed by atoms with E-state index in [2.05, 4.69) is 44.4 Å². The van der Waals surface area contributed by atoms with E-state index in [1.807, 2.05) is 31.3 Å². The SMILES string of the molecule is CN=C(NCCc1cccc(OC)c1)N1CCN(c2cccc(OC)c2)CC1. The van der Waals surface area contributed by atoms with E-state index in [1.165, 1.54) is 11.3 Å². The third-order valence-electron chi connectivity index (χ3n) is 5.04. The summed E-state index contributed by atoms with van der Waals surface area (Å²) in [5, 5.41) is 3.49. The molecule has 2 aromatic rings. The van der Waals surface area contributed by atoms with Gasteiger partial charge in [0.2, 0.25) is 0 Å². The standard InChI is InChI=1S/C22H30N4O2/c1-23-22(24-11-10-18-6-4-8-20(16-18)27-2)26-14-12-25(13-15-26)19-7-5-9-21(17-19)28-3/h4-9,16-17H,10-15H2,1-3H3,(H,23,24). The Morgan fingerprint density at radius 1 is 0.964 bits per heavy atom. The van der Waals surface area contributed by atoms with Crippen molar-refractivity contribution in [3.05, 3.63) is 54.1 Å². The number of benzene rings is 2. The molecule has 0 unspecified atom stereocenters. The molecule has 0 bridgehead atoms. The minimum absolute atomic E-state index is 0.843. The highest BCUT2D eigenvalue weighted by atomic mass is 16.5. The molecule has 1 N–H and O–H groups in total. The Hall–Kier alpha value is -2.89. The van der Waals surface area contributed by atoms with Crippen LogP contribution in [-0.4, -0.2) is 64.9 Å². The maximum Gasteiger partial charge on any atom is 0.193 e. The Morgan fingerprint density at radius 2 is 1.64 bits per heavy atom. The molecule has 1 heterocycles. The van der Waals surface area contributed by atoms with Crippen molar-refractivity contribution in [2.45, 2.75) is 6.42 Å². The number of nitrogens with one attached hydrogen (secondary N) is 1. The number of guanidine groups is 1. The number of hydrogen-bond acceptors (Lipinski definition) is 4. The highest BCUT2D eigenvalue weighted by Crippen LogP contribution is 2.22. The molecular formula is C22H30N4O2. The van der Waals surface area contributed by atoms with Crippen LogP contribution in [0.3, 0.4) is 0 Å². The lowest BCUT2D eigenvalue weighted by atomic mass is 10.1. The summed E-state index contributed by atoms with van der Waals surface area (Å²) in [6.45, 7) is 4.65. The smallest absolute Gasteiger partial charge is 0.193 e. The minimum Gasteiger partial charge on any atom is -0.497 e. The molecule has 1 saturated heterocycles. The van der Waals surface area contributed by atoms with Gasteiger partial charge in [-0.1, -0.05) is 18.2 Å². The van der Waals surface area contributed by atoms with Gasteiger partial charge in [-0.2, -0.15) is 0 Å². The van der Waals surface area contributed by atoms with E-state index in [0.29, 0.717) is 0 Å². The van der Waals surface area contributed by atoms with Crippen LogP contribution >= 0.6 is 0 Å². The van der Waals surface area contributed by atoms with Gasteiger partial charge >= 0.3 is 0 Å². The Labute approximate surface area is 167 Å². The molecule has 3 rings (SSSR count). The Bertz CT molecular complexity index is 786. The topological polar surface area (TPSA) is 49.3 Å². The second-order valence-corrected chi connectivity index (χ2v) is 6.75. The second kappa shape index (κ2) is 9.88. The van der Waals surface area contributed by atoms with Crippen LogP contribution < -0.4 is 19.7 Å². The molecule has 150 valence electrons. The highest BCUT2D eigenvalue weighted by molar-refractivity contribution is 5.80. The largest absolute Gasteiger partial charge is 0.497 e. The van der Waals surface area contributed by atoms with Gasteiger partial charge in [0, 0.05) is 51.5 Å². The molecule has 0 amide bonds. The van der Waals surface area contributed by atoms with Crippen LogP contribution in [0, 0.1) is 0 Å². The van der Waals surface area contributed by atoms with Gasteiger partial charge in [-0.25, -0.2) is 0 Å². The Kier molecular flexibility index (Phi) is 7.00. The number of ether oxygens (including phenoxy) is 2. The number of rotatable bonds is 6. The molecule has 1 aliphatic heterocycles. The van der Waals surface area contributed by atoms with Gasteiger partial charge in [-0.05, 0) is 36.2 Å². The van der Waals surface area contributed by atoms with Crippen molar-refractivity contribution in [2.75, 3.05) is 58.9 Å². The van der Waals surface area contributed by atoms with Gasteiger partial charge < -0.3 is 24.6 Å². The van der Waals surface area contributed by atoms with Crippen molar-refractivity contribution < 1.29 is 9.47 Å². The van der Waals surface area contributed by atoms with Crippen molar-refractivity contribution in [2.24, 2.45) is 4.99 Å². The fourth-order valence-electron chi connectivity index (χ4n) is 3.46. The number of nitrogens with zero attached hydrogens (tertiary/aromatic N) is 3. The van der Waals surface area contributed by atoms with Crippen molar-refractivity contribution >= 4 is 11.6 Å². The molecule has 0 aliphatic carbocycles. The third-order valence-corrected chi connectivity index (χ3v) is 5.04. The second-order valence-electron chi connectivity index (χ2n) is 6.75. The third kappa shape index (κ3) is 5.09. The first kappa shape index (κ1) is 19.9. The van der Waals surface area contributed by atoms with Crippen LogP contribution in [0.1, 0.15) is 5.56 Å². The lowest BCUT2D eigenvalue weighted by Gasteiger charge is -2.37. The maximum absolute atomic E-state index is 5.34. The lowest BCUT2D eigenvalue weighted by molar-refractivity contribution is 0.372. The van der Waals surface area contributed by atoms with Crippen LogP contribution in [0.2, 0.25) is 0 Å². The number of piperazine rings is 1. The van der Waals surface area contributed by atoms with Crippen LogP contribution in [0.15, 0.2) is 53.5 Å². The van der Waals surface area contributed by atoms with E-state index in [1.54, 1.807) is 14.2 Å². The normalized spacial score (nSPS) is 14.8. The lowest BCUT2D eigenvalue weighted by Crippen LogP contribution is -2.52. The summed E-state index contributed by atoms with van der Waals surface area (Å²) < 4.78 is 10.6. The molecule has 0 aromatic heterocycles. The molecule has 1 aliphatic rings. The zero-order chi connectivity index (χ0) is 19.8. The Balaban J connectivity index is 1.49. The minimum atomic E-state index is 0.843. The van der Waals surface area contributed by atoms with E-state index >= 15 is 0 Å². The zero-order valence-corrected chi connectivity index (χ0v) is 17.0. The number of hydrogen-bond donors (Lipinski definition) is 1. The fraction of sp³-hybridized carbons (Fsp3) is 0.409. The molecular weight excluding hydrogens is 352 g/mol. The van der Waals surface area contributed by atoms with E-state index in [9.17, 15) is 0 Å². The summed E-state index contributed by atoms with van der Waals surface area (Å²) in [4.78, 5) is 9.18. The van der Waals surface area contributed by atoms with Gasteiger partial charge in [-0.15, -0.1) is 0 Å². The van der Waals surface area contributed by atoms with Crippen LogP contribution in [0.25, 0.3) is 0 Å².